The second kappa shape index (κ2) is 7.03. The second-order valence-electron chi connectivity index (χ2n) is 3.55. The standard InChI is InChI=1S/C13H15NO6/c1-18-10-6-4-5-8(12(10)16)14-9(13(17)20-3)7-11(15)19-2/h4-7,14,16H,1-3H3/b9-7+. The maximum absolute atomic E-state index is 11.6. The normalized spacial score (nSPS) is 10.7. The van der Waals surface area contributed by atoms with E-state index in [4.69, 9.17) is 4.74 Å². The van der Waals surface area contributed by atoms with Crippen LogP contribution in [0.5, 0.6) is 11.5 Å². The summed E-state index contributed by atoms with van der Waals surface area (Å²) >= 11 is 0. The Morgan fingerprint density at radius 3 is 2.45 bits per heavy atom. The molecule has 2 N–H and O–H groups in total. The van der Waals surface area contributed by atoms with Crippen molar-refractivity contribution in [3.05, 3.63) is 30.0 Å². The van der Waals surface area contributed by atoms with E-state index in [2.05, 4.69) is 14.8 Å². The van der Waals surface area contributed by atoms with Crippen LogP contribution in [0, 0.1) is 0 Å². The van der Waals surface area contributed by atoms with Crippen molar-refractivity contribution >= 4 is 17.6 Å². The maximum atomic E-state index is 11.6. The first-order valence-electron chi connectivity index (χ1n) is 5.54. The van der Waals surface area contributed by atoms with Crippen molar-refractivity contribution in [2.75, 3.05) is 26.6 Å². The van der Waals surface area contributed by atoms with E-state index in [0.717, 1.165) is 6.08 Å². The number of nitrogens with one attached hydrogen (secondary N) is 1. The quantitative estimate of drug-likeness (QED) is 0.473. The highest BCUT2D eigenvalue weighted by Gasteiger charge is 2.15. The Morgan fingerprint density at radius 2 is 1.90 bits per heavy atom. The molecule has 0 fully saturated rings. The number of methoxy groups -OCH3 is 3. The molecule has 0 saturated heterocycles. The zero-order valence-corrected chi connectivity index (χ0v) is 11.3. The predicted molar refractivity (Wildman–Crippen MR) is 70.4 cm³/mol. The molecule has 0 aliphatic carbocycles. The summed E-state index contributed by atoms with van der Waals surface area (Å²) in [5.41, 5.74) is 0.00723. The summed E-state index contributed by atoms with van der Waals surface area (Å²) in [5, 5.41) is 12.5. The number of phenols is 1. The summed E-state index contributed by atoms with van der Waals surface area (Å²) in [5.74, 6) is -1.50. The van der Waals surface area contributed by atoms with Gasteiger partial charge in [-0.15, -0.1) is 0 Å². The molecule has 0 bridgehead atoms. The third-order valence-corrected chi connectivity index (χ3v) is 2.36. The summed E-state index contributed by atoms with van der Waals surface area (Å²) < 4.78 is 13.9. The lowest BCUT2D eigenvalue weighted by molar-refractivity contribution is -0.138. The van der Waals surface area contributed by atoms with Gasteiger partial charge in [-0.2, -0.15) is 0 Å². The number of rotatable bonds is 5. The predicted octanol–water partition coefficient (Wildman–Crippen LogP) is 1.04. The van der Waals surface area contributed by atoms with Crippen LogP contribution in [-0.4, -0.2) is 38.4 Å². The summed E-state index contributed by atoms with van der Waals surface area (Å²) in [6.07, 6.45) is 0.921. The zero-order chi connectivity index (χ0) is 15.1. The smallest absolute Gasteiger partial charge is 0.354 e. The lowest BCUT2D eigenvalue weighted by Crippen LogP contribution is -2.15. The van der Waals surface area contributed by atoms with E-state index in [9.17, 15) is 14.7 Å². The summed E-state index contributed by atoms with van der Waals surface area (Å²) in [4.78, 5) is 22.8. The minimum Gasteiger partial charge on any atom is -0.503 e. The highest BCUT2D eigenvalue weighted by Crippen LogP contribution is 2.34. The molecule has 108 valence electrons. The van der Waals surface area contributed by atoms with Crippen molar-refractivity contribution in [1.82, 2.24) is 0 Å². The van der Waals surface area contributed by atoms with Crippen molar-refractivity contribution in [2.24, 2.45) is 0 Å². The third-order valence-electron chi connectivity index (χ3n) is 2.36. The van der Waals surface area contributed by atoms with Gasteiger partial charge in [0.25, 0.3) is 0 Å². The Hall–Kier alpha value is -2.70. The Labute approximate surface area is 115 Å². The average Bonchev–Trinajstić information content (AvgIpc) is 2.47. The number of phenolic OH excluding ortho intramolecular Hbond substituents is 1. The minimum absolute atomic E-state index is 0.178. The highest BCUT2D eigenvalue weighted by molar-refractivity contribution is 5.99. The maximum Gasteiger partial charge on any atom is 0.354 e. The molecular weight excluding hydrogens is 266 g/mol. The number of aromatic hydroxyl groups is 1. The highest BCUT2D eigenvalue weighted by atomic mass is 16.5. The SMILES string of the molecule is COC(=O)/C=C(/Nc1cccc(OC)c1O)C(=O)OC. The molecule has 0 heterocycles. The monoisotopic (exact) mass is 281 g/mol. The van der Waals surface area contributed by atoms with Gasteiger partial charge in [0, 0.05) is 0 Å². The number of benzene rings is 1. The molecule has 1 aromatic rings. The largest absolute Gasteiger partial charge is 0.503 e. The van der Waals surface area contributed by atoms with Crippen LogP contribution < -0.4 is 10.1 Å². The lowest BCUT2D eigenvalue weighted by Gasteiger charge is -2.12. The van der Waals surface area contributed by atoms with Gasteiger partial charge in [-0.25, -0.2) is 9.59 Å². The Kier molecular flexibility index (Phi) is 5.40. The van der Waals surface area contributed by atoms with Gasteiger partial charge in [0.05, 0.1) is 33.1 Å². The second-order valence-corrected chi connectivity index (χ2v) is 3.55. The third kappa shape index (κ3) is 3.64. The Bertz CT molecular complexity index is 538. The van der Waals surface area contributed by atoms with E-state index < -0.39 is 11.9 Å². The molecule has 0 atom stereocenters. The van der Waals surface area contributed by atoms with Crippen LogP contribution >= 0.6 is 0 Å². The molecule has 0 aromatic heterocycles. The van der Waals surface area contributed by atoms with Crippen molar-refractivity contribution in [2.45, 2.75) is 0 Å². The first-order valence-corrected chi connectivity index (χ1v) is 5.54. The van der Waals surface area contributed by atoms with Crippen molar-refractivity contribution in [3.8, 4) is 11.5 Å². The van der Waals surface area contributed by atoms with Crippen LogP contribution in [-0.2, 0) is 19.1 Å². The molecule has 7 heteroatoms. The summed E-state index contributed by atoms with van der Waals surface area (Å²) in [6.45, 7) is 0. The Morgan fingerprint density at radius 1 is 1.20 bits per heavy atom. The molecule has 1 aromatic carbocycles. The van der Waals surface area contributed by atoms with E-state index in [0.29, 0.717) is 0 Å². The number of carbonyl (C=O) groups is 2. The van der Waals surface area contributed by atoms with Crippen molar-refractivity contribution in [3.63, 3.8) is 0 Å². The molecular formula is C13H15NO6. The summed E-state index contributed by atoms with van der Waals surface area (Å²) in [7, 11) is 3.74. The first kappa shape index (κ1) is 15.4. The molecule has 0 radical (unpaired) electrons. The number of para-hydroxylation sites is 1. The number of ether oxygens (including phenoxy) is 3. The number of esters is 2. The number of hydrogen-bond donors (Lipinski definition) is 2. The molecule has 0 unspecified atom stereocenters. The van der Waals surface area contributed by atoms with Crippen LogP contribution in [0.4, 0.5) is 5.69 Å². The van der Waals surface area contributed by atoms with Crippen molar-refractivity contribution < 1.29 is 28.9 Å². The fourth-order valence-corrected chi connectivity index (χ4v) is 1.37. The molecule has 0 amide bonds. The summed E-state index contributed by atoms with van der Waals surface area (Å²) in [6, 6.07) is 4.65. The average molecular weight is 281 g/mol. The molecule has 20 heavy (non-hydrogen) atoms. The zero-order valence-electron chi connectivity index (χ0n) is 11.3. The van der Waals surface area contributed by atoms with E-state index >= 15 is 0 Å². The minimum atomic E-state index is -0.780. The number of anilines is 1. The van der Waals surface area contributed by atoms with Gasteiger partial charge < -0.3 is 24.6 Å². The molecule has 0 spiro atoms. The van der Waals surface area contributed by atoms with Crippen LogP contribution in [0.1, 0.15) is 0 Å². The van der Waals surface area contributed by atoms with Gasteiger partial charge in [-0.05, 0) is 12.1 Å². The van der Waals surface area contributed by atoms with Gasteiger partial charge in [0.2, 0.25) is 0 Å². The lowest BCUT2D eigenvalue weighted by atomic mass is 10.2. The van der Waals surface area contributed by atoms with E-state index in [1.807, 2.05) is 0 Å². The van der Waals surface area contributed by atoms with Crippen molar-refractivity contribution in [1.29, 1.82) is 0 Å². The number of carbonyl (C=O) groups excluding carboxylic acids is 2. The van der Waals surface area contributed by atoms with Gasteiger partial charge in [-0.1, -0.05) is 6.07 Å². The van der Waals surface area contributed by atoms with Gasteiger partial charge in [-0.3, -0.25) is 0 Å². The van der Waals surface area contributed by atoms with Gasteiger partial charge in [0.1, 0.15) is 5.70 Å². The molecule has 0 saturated carbocycles. The molecule has 1 rings (SSSR count). The van der Waals surface area contributed by atoms with Crippen LogP contribution in [0.15, 0.2) is 30.0 Å². The topological polar surface area (TPSA) is 94.1 Å². The fourth-order valence-electron chi connectivity index (χ4n) is 1.37. The Balaban J connectivity index is 3.11. The molecule has 0 aliphatic rings. The molecule has 7 nitrogen and oxygen atoms in total. The van der Waals surface area contributed by atoms with Crippen LogP contribution in [0.2, 0.25) is 0 Å². The first-order chi connectivity index (χ1) is 9.53. The van der Waals surface area contributed by atoms with Crippen LogP contribution in [0.3, 0.4) is 0 Å². The van der Waals surface area contributed by atoms with E-state index in [1.165, 1.54) is 27.4 Å². The molecule has 0 aliphatic heterocycles. The van der Waals surface area contributed by atoms with E-state index in [1.54, 1.807) is 12.1 Å². The van der Waals surface area contributed by atoms with E-state index in [-0.39, 0.29) is 22.9 Å². The van der Waals surface area contributed by atoms with Crippen LogP contribution in [0.25, 0.3) is 0 Å². The number of hydrogen-bond acceptors (Lipinski definition) is 7. The van der Waals surface area contributed by atoms with Gasteiger partial charge >= 0.3 is 11.9 Å². The van der Waals surface area contributed by atoms with Gasteiger partial charge in [0.15, 0.2) is 11.5 Å². The fraction of sp³-hybridized carbons (Fsp3) is 0.231.